The summed E-state index contributed by atoms with van der Waals surface area (Å²) in [7, 11) is 0. The minimum Gasteiger partial charge on any atom is -0.466 e. The standard InChI is InChI=1S/C17H32N2O3/c1-3-9-16(20)19(15-10-17(21)22-4-2)14-8-7-13-18-11-5-6-12-18/h3-15H2,1-2H3. The lowest BCUT2D eigenvalue weighted by Crippen LogP contribution is -2.34. The van der Waals surface area contributed by atoms with Gasteiger partial charge in [0.15, 0.2) is 0 Å². The molecule has 0 spiro atoms. The summed E-state index contributed by atoms with van der Waals surface area (Å²) in [4.78, 5) is 27.9. The number of likely N-dealkylation sites (tertiary alicyclic amines) is 1. The molecule has 1 saturated heterocycles. The average Bonchev–Trinajstić information content (AvgIpc) is 3.00. The van der Waals surface area contributed by atoms with Gasteiger partial charge in [-0.05, 0) is 58.7 Å². The Morgan fingerprint density at radius 3 is 2.41 bits per heavy atom. The third-order valence-corrected chi connectivity index (χ3v) is 4.06. The van der Waals surface area contributed by atoms with Crippen molar-refractivity contribution in [3.05, 3.63) is 0 Å². The van der Waals surface area contributed by atoms with Gasteiger partial charge in [0, 0.05) is 19.5 Å². The van der Waals surface area contributed by atoms with Gasteiger partial charge in [-0.1, -0.05) is 6.92 Å². The lowest BCUT2D eigenvalue weighted by Gasteiger charge is -2.23. The van der Waals surface area contributed by atoms with Crippen molar-refractivity contribution in [2.45, 2.75) is 58.8 Å². The molecule has 0 aromatic rings. The van der Waals surface area contributed by atoms with Crippen LogP contribution in [0.2, 0.25) is 0 Å². The summed E-state index contributed by atoms with van der Waals surface area (Å²) < 4.78 is 4.94. The number of ether oxygens (including phenoxy) is 1. The second-order valence-corrected chi connectivity index (χ2v) is 5.94. The monoisotopic (exact) mass is 312 g/mol. The Hall–Kier alpha value is -1.10. The second kappa shape index (κ2) is 11.5. The summed E-state index contributed by atoms with van der Waals surface area (Å²) in [6.07, 6.45) is 6.48. The van der Waals surface area contributed by atoms with E-state index in [1.165, 1.54) is 25.9 Å². The average molecular weight is 312 g/mol. The number of rotatable bonds is 11. The van der Waals surface area contributed by atoms with Gasteiger partial charge in [0.1, 0.15) is 0 Å². The minimum absolute atomic E-state index is 0.160. The molecule has 1 heterocycles. The highest BCUT2D eigenvalue weighted by atomic mass is 16.5. The Morgan fingerprint density at radius 2 is 1.77 bits per heavy atom. The van der Waals surface area contributed by atoms with Gasteiger partial charge in [0.2, 0.25) is 5.91 Å². The van der Waals surface area contributed by atoms with Crippen LogP contribution >= 0.6 is 0 Å². The molecule has 0 radical (unpaired) electrons. The molecular formula is C17H32N2O3. The van der Waals surface area contributed by atoms with E-state index in [0.29, 0.717) is 26.0 Å². The Labute approximate surface area is 135 Å². The van der Waals surface area contributed by atoms with Crippen LogP contribution in [-0.2, 0) is 14.3 Å². The fraction of sp³-hybridized carbons (Fsp3) is 0.882. The zero-order valence-corrected chi connectivity index (χ0v) is 14.3. The minimum atomic E-state index is -0.214. The second-order valence-electron chi connectivity index (χ2n) is 5.94. The van der Waals surface area contributed by atoms with Gasteiger partial charge in [-0.15, -0.1) is 0 Å². The number of hydrogen-bond acceptors (Lipinski definition) is 4. The normalized spacial score (nSPS) is 15.0. The molecule has 0 aliphatic carbocycles. The first kappa shape index (κ1) is 18.9. The Kier molecular flexibility index (Phi) is 9.87. The van der Waals surface area contributed by atoms with E-state index in [0.717, 1.165) is 32.4 Å². The maximum absolute atomic E-state index is 12.1. The quantitative estimate of drug-likeness (QED) is 0.434. The van der Waals surface area contributed by atoms with Gasteiger partial charge >= 0.3 is 5.97 Å². The van der Waals surface area contributed by atoms with E-state index >= 15 is 0 Å². The molecule has 5 nitrogen and oxygen atoms in total. The molecule has 1 rings (SSSR count). The van der Waals surface area contributed by atoms with Crippen LogP contribution in [0.5, 0.6) is 0 Å². The smallest absolute Gasteiger partial charge is 0.307 e. The Bertz CT molecular complexity index is 328. The Morgan fingerprint density at radius 1 is 1.05 bits per heavy atom. The summed E-state index contributed by atoms with van der Waals surface area (Å²) in [6, 6.07) is 0. The molecule has 0 aromatic heterocycles. The van der Waals surface area contributed by atoms with Crippen LogP contribution in [0.15, 0.2) is 0 Å². The van der Waals surface area contributed by atoms with E-state index in [2.05, 4.69) is 4.90 Å². The van der Waals surface area contributed by atoms with Gasteiger partial charge in [-0.3, -0.25) is 9.59 Å². The molecular weight excluding hydrogens is 280 g/mol. The number of amides is 1. The summed E-state index contributed by atoms with van der Waals surface area (Å²) in [6.45, 7) is 9.03. The first-order valence-corrected chi connectivity index (χ1v) is 8.83. The predicted octanol–water partition coefficient (Wildman–Crippen LogP) is 2.44. The van der Waals surface area contributed by atoms with Crippen LogP contribution < -0.4 is 0 Å². The van der Waals surface area contributed by atoms with Crippen LogP contribution in [0, 0.1) is 0 Å². The molecule has 1 aliphatic heterocycles. The van der Waals surface area contributed by atoms with Crippen molar-refractivity contribution in [1.82, 2.24) is 9.80 Å². The number of hydrogen-bond donors (Lipinski definition) is 0. The van der Waals surface area contributed by atoms with E-state index in [9.17, 15) is 9.59 Å². The van der Waals surface area contributed by atoms with Crippen molar-refractivity contribution in [2.75, 3.05) is 39.3 Å². The highest BCUT2D eigenvalue weighted by Crippen LogP contribution is 2.09. The highest BCUT2D eigenvalue weighted by molar-refractivity contribution is 5.77. The van der Waals surface area contributed by atoms with Gasteiger partial charge in [0.25, 0.3) is 0 Å². The molecule has 0 N–H and O–H groups in total. The van der Waals surface area contributed by atoms with E-state index < -0.39 is 0 Å². The Balaban J connectivity index is 2.27. The van der Waals surface area contributed by atoms with Gasteiger partial charge < -0.3 is 14.5 Å². The number of unbranched alkanes of at least 4 members (excludes halogenated alkanes) is 1. The van der Waals surface area contributed by atoms with Crippen molar-refractivity contribution in [3.63, 3.8) is 0 Å². The lowest BCUT2D eigenvalue weighted by molar-refractivity contribution is -0.144. The number of esters is 1. The van der Waals surface area contributed by atoms with E-state index in [4.69, 9.17) is 4.74 Å². The molecule has 22 heavy (non-hydrogen) atoms. The van der Waals surface area contributed by atoms with Gasteiger partial charge in [0.05, 0.1) is 13.0 Å². The number of nitrogens with zero attached hydrogens (tertiary/aromatic N) is 2. The lowest BCUT2D eigenvalue weighted by atomic mass is 10.2. The number of carbonyl (C=O) groups excluding carboxylic acids is 2. The summed E-state index contributed by atoms with van der Waals surface area (Å²) >= 11 is 0. The van der Waals surface area contributed by atoms with Crippen molar-refractivity contribution >= 4 is 11.9 Å². The third-order valence-electron chi connectivity index (χ3n) is 4.06. The molecule has 128 valence electrons. The van der Waals surface area contributed by atoms with Crippen LogP contribution in [0.1, 0.15) is 58.8 Å². The fourth-order valence-corrected chi connectivity index (χ4v) is 2.84. The molecule has 1 aliphatic rings. The van der Waals surface area contributed by atoms with Crippen molar-refractivity contribution in [1.29, 1.82) is 0 Å². The van der Waals surface area contributed by atoms with Crippen LogP contribution in [-0.4, -0.2) is 61.0 Å². The largest absolute Gasteiger partial charge is 0.466 e. The molecule has 5 heteroatoms. The molecule has 0 aromatic carbocycles. The van der Waals surface area contributed by atoms with Gasteiger partial charge in [-0.25, -0.2) is 0 Å². The summed E-state index contributed by atoms with van der Waals surface area (Å²) in [5.41, 5.74) is 0. The highest BCUT2D eigenvalue weighted by Gasteiger charge is 2.15. The predicted molar refractivity (Wildman–Crippen MR) is 87.6 cm³/mol. The zero-order chi connectivity index (χ0) is 16.2. The SMILES string of the molecule is CCCC(=O)N(CCCCN1CCCC1)CCC(=O)OCC. The molecule has 0 atom stereocenters. The maximum atomic E-state index is 12.1. The van der Waals surface area contributed by atoms with Crippen LogP contribution in [0.4, 0.5) is 0 Å². The zero-order valence-electron chi connectivity index (χ0n) is 14.3. The third kappa shape index (κ3) is 7.78. The molecule has 0 bridgehead atoms. The van der Waals surface area contributed by atoms with Crippen LogP contribution in [0.25, 0.3) is 0 Å². The van der Waals surface area contributed by atoms with Gasteiger partial charge in [-0.2, -0.15) is 0 Å². The molecule has 1 amide bonds. The summed E-state index contributed by atoms with van der Waals surface area (Å²) in [5.74, 6) is -0.0539. The summed E-state index contributed by atoms with van der Waals surface area (Å²) in [5, 5.41) is 0. The first-order chi connectivity index (χ1) is 10.7. The maximum Gasteiger partial charge on any atom is 0.307 e. The topological polar surface area (TPSA) is 49.9 Å². The fourth-order valence-electron chi connectivity index (χ4n) is 2.84. The molecule has 0 saturated carbocycles. The van der Waals surface area contributed by atoms with Crippen molar-refractivity contribution in [2.24, 2.45) is 0 Å². The van der Waals surface area contributed by atoms with Crippen molar-refractivity contribution in [3.8, 4) is 0 Å². The van der Waals surface area contributed by atoms with Crippen molar-refractivity contribution < 1.29 is 14.3 Å². The van der Waals surface area contributed by atoms with E-state index in [1.54, 1.807) is 6.92 Å². The van der Waals surface area contributed by atoms with E-state index in [1.807, 2.05) is 11.8 Å². The molecule has 1 fully saturated rings. The van der Waals surface area contributed by atoms with Crippen LogP contribution in [0.3, 0.4) is 0 Å². The van der Waals surface area contributed by atoms with E-state index in [-0.39, 0.29) is 11.9 Å². The number of carbonyl (C=O) groups is 2. The molecule has 0 unspecified atom stereocenters. The first-order valence-electron chi connectivity index (χ1n) is 8.83.